The third-order valence-electron chi connectivity index (χ3n) is 2.19. The molecule has 0 spiro atoms. The first kappa shape index (κ1) is 11.8. The van der Waals surface area contributed by atoms with Gasteiger partial charge in [-0.15, -0.1) is 11.3 Å². The number of nitrogens with one attached hydrogen (secondary N) is 1. The summed E-state index contributed by atoms with van der Waals surface area (Å²) in [6.07, 6.45) is 0. The van der Waals surface area contributed by atoms with Crippen LogP contribution in [0, 0.1) is 5.82 Å². The van der Waals surface area contributed by atoms with Gasteiger partial charge in [-0.05, 0) is 45.1 Å². The summed E-state index contributed by atoms with van der Waals surface area (Å²) >= 11 is 5.18. The molecule has 16 heavy (non-hydrogen) atoms. The minimum Gasteiger partial charge on any atom is -0.308 e. The molecule has 1 heterocycles. The summed E-state index contributed by atoms with van der Waals surface area (Å²) in [6, 6.07) is 8.69. The Bertz CT molecular complexity index is 470. The molecule has 4 heteroatoms. The molecule has 1 nitrogen and oxygen atoms in total. The predicted molar refractivity (Wildman–Crippen MR) is 69.0 cm³/mol. The van der Waals surface area contributed by atoms with E-state index in [9.17, 15) is 4.39 Å². The Kier molecular flexibility index (Phi) is 4.09. The largest absolute Gasteiger partial charge is 0.308 e. The fraction of sp³-hybridized carbons (Fsp3) is 0.167. The van der Waals surface area contributed by atoms with Crippen LogP contribution in [-0.4, -0.2) is 0 Å². The molecule has 2 rings (SSSR count). The number of thiophene rings is 1. The van der Waals surface area contributed by atoms with E-state index in [1.54, 1.807) is 23.5 Å². The van der Waals surface area contributed by atoms with Gasteiger partial charge in [-0.3, -0.25) is 0 Å². The molecule has 0 fully saturated rings. The number of rotatable bonds is 4. The highest BCUT2D eigenvalue weighted by molar-refractivity contribution is 9.10. The Morgan fingerprint density at radius 3 is 2.81 bits per heavy atom. The Balaban J connectivity index is 1.87. The van der Waals surface area contributed by atoms with E-state index in [-0.39, 0.29) is 5.82 Å². The quantitative estimate of drug-likeness (QED) is 0.902. The lowest BCUT2D eigenvalue weighted by Crippen LogP contribution is -2.12. The summed E-state index contributed by atoms with van der Waals surface area (Å²) < 4.78 is 14.0. The molecule has 0 saturated carbocycles. The maximum Gasteiger partial charge on any atom is 0.123 e. The first-order valence-electron chi connectivity index (χ1n) is 4.93. The van der Waals surface area contributed by atoms with Crippen molar-refractivity contribution in [2.45, 2.75) is 13.1 Å². The topological polar surface area (TPSA) is 12.0 Å². The van der Waals surface area contributed by atoms with Crippen LogP contribution < -0.4 is 5.32 Å². The Morgan fingerprint density at radius 1 is 1.25 bits per heavy atom. The van der Waals surface area contributed by atoms with Gasteiger partial charge in [-0.1, -0.05) is 12.1 Å². The van der Waals surface area contributed by atoms with Crippen molar-refractivity contribution in [3.8, 4) is 0 Å². The van der Waals surface area contributed by atoms with Crippen LogP contribution in [0.15, 0.2) is 40.2 Å². The number of hydrogen-bond donors (Lipinski definition) is 1. The molecule has 0 aliphatic heterocycles. The molecule has 84 valence electrons. The van der Waals surface area contributed by atoms with E-state index in [1.807, 2.05) is 17.5 Å². The SMILES string of the molecule is Fc1cccc(CNCc2sccc2Br)c1. The minimum absolute atomic E-state index is 0.184. The Labute approximate surface area is 106 Å². The summed E-state index contributed by atoms with van der Waals surface area (Å²) in [5.74, 6) is -0.184. The van der Waals surface area contributed by atoms with Gasteiger partial charge >= 0.3 is 0 Å². The average Bonchev–Trinajstić information content (AvgIpc) is 2.65. The fourth-order valence-electron chi connectivity index (χ4n) is 1.42. The van der Waals surface area contributed by atoms with Gasteiger partial charge in [0.1, 0.15) is 5.82 Å². The lowest BCUT2D eigenvalue weighted by molar-refractivity contribution is 0.620. The number of benzene rings is 1. The van der Waals surface area contributed by atoms with E-state index in [1.165, 1.54) is 10.9 Å². The molecule has 0 saturated heterocycles. The first-order chi connectivity index (χ1) is 7.75. The predicted octanol–water partition coefficient (Wildman–Crippen LogP) is 3.94. The molecular formula is C12H11BrFNS. The van der Waals surface area contributed by atoms with E-state index in [0.29, 0.717) is 6.54 Å². The van der Waals surface area contributed by atoms with E-state index in [0.717, 1.165) is 16.6 Å². The van der Waals surface area contributed by atoms with Crippen LogP contribution in [0.1, 0.15) is 10.4 Å². The third-order valence-corrected chi connectivity index (χ3v) is 4.12. The standard InChI is InChI=1S/C12H11BrFNS/c13-11-4-5-16-12(11)8-15-7-9-2-1-3-10(14)6-9/h1-6,15H,7-8H2. The second-order valence-electron chi connectivity index (χ2n) is 3.43. The molecule has 0 aliphatic carbocycles. The molecule has 0 radical (unpaired) electrons. The van der Waals surface area contributed by atoms with Crippen LogP contribution in [-0.2, 0) is 13.1 Å². The fourth-order valence-corrected chi connectivity index (χ4v) is 2.88. The zero-order chi connectivity index (χ0) is 11.4. The van der Waals surface area contributed by atoms with E-state index >= 15 is 0 Å². The van der Waals surface area contributed by atoms with Crippen LogP contribution in [0.2, 0.25) is 0 Å². The molecular weight excluding hydrogens is 289 g/mol. The Hall–Kier alpha value is -0.710. The molecule has 0 atom stereocenters. The van der Waals surface area contributed by atoms with E-state index in [2.05, 4.69) is 21.2 Å². The zero-order valence-electron chi connectivity index (χ0n) is 8.54. The molecule has 1 aromatic heterocycles. The van der Waals surface area contributed by atoms with Crippen molar-refractivity contribution in [2.75, 3.05) is 0 Å². The summed E-state index contributed by atoms with van der Waals surface area (Å²) in [6.45, 7) is 1.48. The normalized spacial score (nSPS) is 10.6. The first-order valence-corrected chi connectivity index (χ1v) is 6.60. The highest BCUT2D eigenvalue weighted by atomic mass is 79.9. The van der Waals surface area contributed by atoms with Crippen molar-refractivity contribution >= 4 is 27.3 Å². The number of halogens is 2. The maximum atomic E-state index is 12.9. The highest BCUT2D eigenvalue weighted by Crippen LogP contribution is 2.22. The van der Waals surface area contributed by atoms with Gasteiger partial charge in [-0.25, -0.2) is 4.39 Å². The van der Waals surface area contributed by atoms with Gasteiger partial charge in [-0.2, -0.15) is 0 Å². The molecule has 0 amide bonds. The third kappa shape index (κ3) is 3.14. The van der Waals surface area contributed by atoms with Crippen LogP contribution in [0.5, 0.6) is 0 Å². The molecule has 1 aromatic carbocycles. The van der Waals surface area contributed by atoms with Gasteiger partial charge < -0.3 is 5.32 Å². The second-order valence-corrected chi connectivity index (χ2v) is 5.28. The van der Waals surface area contributed by atoms with Gasteiger partial charge in [0.05, 0.1) is 0 Å². The van der Waals surface area contributed by atoms with Crippen molar-refractivity contribution in [2.24, 2.45) is 0 Å². The van der Waals surface area contributed by atoms with Gasteiger partial charge in [0.15, 0.2) is 0 Å². The van der Waals surface area contributed by atoms with Gasteiger partial charge in [0, 0.05) is 22.4 Å². The van der Waals surface area contributed by atoms with E-state index in [4.69, 9.17) is 0 Å². The van der Waals surface area contributed by atoms with Crippen molar-refractivity contribution < 1.29 is 4.39 Å². The van der Waals surface area contributed by atoms with Crippen LogP contribution in [0.25, 0.3) is 0 Å². The van der Waals surface area contributed by atoms with Crippen molar-refractivity contribution in [3.63, 3.8) is 0 Å². The number of hydrogen-bond acceptors (Lipinski definition) is 2. The van der Waals surface area contributed by atoms with Crippen molar-refractivity contribution in [3.05, 3.63) is 56.4 Å². The average molecular weight is 300 g/mol. The second kappa shape index (κ2) is 5.57. The maximum absolute atomic E-state index is 12.9. The lowest BCUT2D eigenvalue weighted by atomic mass is 10.2. The van der Waals surface area contributed by atoms with Crippen molar-refractivity contribution in [1.82, 2.24) is 5.32 Å². The Morgan fingerprint density at radius 2 is 2.12 bits per heavy atom. The van der Waals surface area contributed by atoms with Crippen LogP contribution in [0.4, 0.5) is 4.39 Å². The molecule has 1 N–H and O–H groups in total. The van der Waals surface area contributed by atoms with Crippen LogP contribution >= 0.6 is 27.3 Å². The molecule has 0 bridgehead atoms. The van der Waals surface area contributed by atoms with E-state index < -0.39 is 0 Å². The zero-order valence-corrected chi connectivity index (χ0v) is 10.9. The van der Waals surface area contributed by atoms with Gasteiger partial charge in [0.2, 0.25) is 0 Å². The summed E-state index contributed by atoms with van der Waals surface area (Å²) in [4.78, 5) is 1.26. The summed E-state index contributed by atoms with van der Waals surface area (Å²) in [5.41, 5.74) is 0.965. The monoisotopic (exact) mass is 299 g/mol. The van der Waals surface area contributed by atoms with Crippen molar-refractivity contribution in [1.29, 1.82) is 0 Å². The minimum atomic E-state index is -0.184. The van der Waals surface area contributed by atoms with Crippen LogP contribution in [0.3, 0.4) is 0 Å². The summed E-state index contributed by atoms with van der Waals surface area (Å²) in [7, 11) is 0. The smallest absolute Gasteiger partial charge is 0.123 e. The molecule has 0 unspecified atom stereocenters. The summed E-state index contributed by atoms with van der Waals surface area (Å²) in [5, 5.41) is 5.33. The molecule has 2 aromatic rings. The highest BCUT2D eigenvalue weighted by Gasteiger charge is 2.00. The molecule has 0 aliphatic rings. The lowest BCUT2D eigenvalue weighted by Gasteiger charge is -2.04. The van der Waals surface area contributed by atoms with Gasteiger partial charge in [0.25, 0.3) is 0 Å².